The van der Waals surface area contributed by atoms with Crippen molar-refractivity contribution >= 4 is 40.1 Å². The summed E-state index contributed by atoms with van der Waals surface area (Å²) in [4.78, 5) is 28.2. The van der Waals surface area contributed by atoms with Gasteiger partial charge >= 0.3 is 0 Å². The summed E-state index contributed by atoms with van der Waals surface area (Å²) in [6.45, 7) is 11.9. The van der Waals surface area contributed by atoms with Crippen LogP contribution >= 0.6 is 0 Å². The smallest absolute Gasteiger partial charge is 0.256 e. The summed E-state index contributed by atoms with van der Waals surface area (Å²) in [6.07, 6.45) is 8.11. The van der Waals surface area contributed by atoms with Gasteiger partial charge in [-0.1, -0.05) is 39.5 Å². The molecule has 0 saturated heterocycles. The highest BCUT2D eigenvalue weighted by molar-refractivity contribution is 6.05. The zero-order valence-electron chi connectivity index (χ0n) is 20.4. The Morgan fingerprint density at radius 1 is 1.21 bits per heavy atom. The first-order valence-corrected chi connectivity index (χ1v) is 11.1. The number of pyridine rings is 2. The molecule has 0 spiro atoms. The van der Waals surface area contributed by atoms with E-state index >= 15 is 0 Å². The van der Waals surface area contributed by atoms with Gasteiger partial charge in [0.2, 0.25) is 0 Å². The third kappa shape index (κ3) is 6.84. The zero-order chi connectivity index (χ0) is 24.4. The molecule has 2 heterocycles. The van der Waals surface area contributed by atoms with Crippen molar-refractivity contribution in [2.75, 3.05) is 19.4 Å². The van der Waals surface area contributed by atoms with Crippen LogP contribution in [0.2, 0.25) is 0 Å². The minimum absolute atomic E-state index is 0. The van der Waals surface area contributed by atoms with E-state index in [-0.39, 0.29) is 7.33 Å². The Bertz CT molecular complexity index is 1180. The van der Waals surface area contributed by atoms with Crippen LogP contribution < -0.4 is 5.32 Å². The normalized spacial score (nSPS) is 11.2. The number of carbonyl (C=O) groups excluding carboxylic acids is 1. The molecule has 0 unspecified atom stereocenters. The van der Waals surface area contributed by atoms with E-state index in [1.807, 2.05) is 77.3 Å². The maximum absolute atomic E-state index is 12.8. The van der Waals surface area contributed by atoms with Gasteiger partial charge in [0, 0.05) is 56.7 Å². The van der Waals surface area contributed by atoms with E-state index < -0.39 is 0 Å². The van der Waals surface area contributed by atoms with E-state index in [1.165, 1.54) is 0 Å². The minimum Gasteiger partial charge on any atom is -0.383 e. The number of amides is 1. The fourth-order valence-corrected chi connectivity index (χ4v) is 3.01. The molecule has 1 amide bonds. The second-order valence-electron chi connectivity index (χ2n) is 7.39. The van der Waals surface area contributed by atoms with Crippen LogP contribution in [0.5, 0.6) is 0 Å². The van der Waals surface area contributed by atoms with Crippen molar-refractivity contribution < 1.29 is 6.22 Å². The van der Waals surface area contributed by atoms with E-state index in [1.54, 1.807) is 30.5 Å². The molecule has 3 rings (SSSR count). The number of aryl methyl sites for hydroxylation is 1. The summed E-state index contributed by atoms with van der Waals surface area (Å²) in [6, 6.07) is 11.1. The van der Waals surface area contributed by atoms with E-state index in [4.69, 9.17) is 4.98 Å². The fraction of sp³-hybridized carbons (Fsp3) is 0.259. The van der Waals surface area contributed by atoms with Gasteiger partial charge in [-0.15, -0.1) is 0 Å². The third-order valence-electron chi connectivity index (χ3n) is 4.61. The number of allylic oxidation sites excluding steroid dienone is 2. The predicted molar refractivity (Wildman–Crippen MR) is 142 cm³/mol. The number of nitrogens with one attached hydrogen (secondary N) is 1. The molecule has 1 aromatic carbocycles. The standard InChI is InChI=1S/C25H27N5O.C2H6.H2/c1-6-12-26-22-13-19(9-8-17(22)3)25(31)29-24-14-23-20(15-27-24)10-11-21(28-23)18(7-2)16-30(4)5;1-2;/h7-16H,2,6H2,1,3-5H3,(H,27,29,31);1-2H3;1H/b18-16+,26-12?;;. The van der Waals surface area contributed by atoms with Crippen LogP contribution in [-0.2, 0) is 0 Å². The molecule has 1 N–H and O–H groups in total. The lowest BCUT2D eigenvalue weighted by molar-refractivity contribution is 0.102. The molecule has 3 aromatic rings. The lowest BCUT2D eigenvalue weighted by atomic mass is 10.1. The van der Waals surface area contributed by atoms with Gasteiger partial charge in [0.1, 0.15) is 5.82 Å². The van der Waals surface area contributed by atoms with Gasteiger partial charge in [-0.3, -0.25) is 9.79 Å². The van der Waals surface area contributed by atoms with Crippen molar-refractivity contribution in [3.05, 3.63) is 78.3 Å². The number of aromatic nitrogens is 2. The maximum Gasteiger partial charge on any atom is 0.256 e. The number of nitrogens with zero attached hydrogens (tertiary/aromatic N) is 4. The largest absolute Gasteiger partial charge is 0.383 e. The molecular weight excluding hydrogens is 410 g/mol. The average Bonchev–Trinajstić information content (AvgIpc) is 2.82. The molecule has 33 heavy (non-hydrogen) atoms. The predicted octanol–water partition coefficient (Wildman–Crippen LogP) is 6.66. The van der Waals surface area contributed by atoms with Gasteiger partial charge in [-0.05, 0) is 43.2 Å². The van der Waals surface area contributed by atoms with Crippen LogP contribution in [0.4, 0.5) is 11.5 Å². The van der Waals surface area contributed by atoms with Crippen LogP contribution in [0.25, 0.3) is 16.5 Å². The molecule has 0 bridgehead atoms. The summed E-state index contributed by atoms with van der Waals surface area (Å²) in [7, 11) is 3.90. The highest BCUT2D eigenvalue weighted by Gasteiger charge is 2.10. The molecule has 2 aromatic heterocycles. The van der Waals surface area contributed by atoms with E-state index in [2.05, 4.69) is 21.9 Å². The van der Waals surface area contributed by atoms with Crippen LogP contribution in [0.1, 0.15) is 50.2 Å². The average molecular weight is 446 g/mol. The molecule has 0 aliphatic rings. The van der Waals surface area contributed by atoms with Crippen LogP contribution in [0, 0.1) is 6.92 Å². The summed E-state index contributed by atoms with van der Waals surface area (Å²) < 4.78 is 0. The van der Waals surface area contributed by atoms with Gasteiger partial charge in [-0.2, -0.15) is 0 Å². The Balaban J connectivity index is 0.00000188. The van der Waals surface area contributed by atoms with Crippen molar-refractivity contribution in [2.45, 2.75) is 34.1 Å². The summed E-state index contributed by atoms with van der Waals surface area (Å²) in [5.41, 5.74) is 4.79. The van der Waals surface area contributed by atoms with Crippen molar-refractivity contribution in [1.29, 1.82) is 0 Å². The molecule has 0 saturated carbocycles. The Hall–Kier alpha value is -3.80. The Kier molecular flexibility index (Phi) is 9.48. The van der Waals surface area contributed by atoms with Crippen LogP contribution in [0.3, 0.4) is 0 Å². The Morgan fingerprint density at radius 2 is 1.97 bits per heavy atom. The Labute approximate surface area is 198 Å². The van der Waals surface area contributed by atoms with Crippen LogP contribution in [-0.4, -0.2) is 41.1 Å². The molecule has 0 atom stereocenters. The lowest BCUT2D eigenvalue weighted by Gasteiger charge is -2.10. The molecule has 0 aliphatic heterocycles. The topological polar surface area (TPSA) is 70.5 Å². The number of rotatable bonds is 7. The molecule has 174 valence electrons. The quantitative estimate of drug-likeness (QED) is 0.326. The maximum atomic E-state index is 12.8. The highest BCUT2D eigenvalue weighted by Crippen LogP contribution is 2.22. The fourth-order valence-electron chi connectivity index (χ4n) is 3.01. The monoisotopic (exact) mass is 445 g/mol. The third-order valence-corrected chi connectivity index (χ3v) is 4.61. The molecule has 0 fully saturated rings. The number of anilines is 1. The minimum atomic E-state index is -0.241. The Morgan fingerprint density at radius 3 is 2.64 bits per heavy atom. The number of carbonyl (C=O) groups is 1. The first-order chi connectivity index (χ1) is 15.9. The van der Waals surface area contributed by atoms with Gasteiger partial charge in [0.25, 0.3) is 5.91 Å². The molecule has 6 heteroatoms. The van der Waals surface area contributed by atoms with Crippen molar-refractivity contribution in [3.63, 3.8) is 0 Å². The van der Waals surface area contributed by atoms with Gasteiger partial charge in [0.05, 0.1) is 16.9 Å². The molecule has 0 radical (unpaired) electrons. The second kappa shape index (κ2) is 12.3. The van der Waals surface area contributed by atoms with Gasteiger partial charge < -0.3 is 10.2 Å². The highest BCUT2D eigenvalue weighted by atomic mass is 16.1. The van der Waals surface area contributed by atoms with E-state index in [0.717, 1.165) is 39.8 Å². The number of aliphatic imine (C=N–C) groups is 1. The summed E-state index contributed by atoms with van der Waals surface area (Å²) in [5.74, 6) is 0.202. The number of benzene rings is 1. The van der Waals surface area contributed by atoms with Gasteiger partial charge in [-0.25, -0.2) is 9.97 Å². The van der Waals surface area contributed by atoms with E-state index in [0.29, 0.717) is 11.4 Å². The SMILES string of the molecule is C=C/C(=C\N(C)C)c1ccc2cnc(NC(=O)c3ccc(C)c(N=CCC)c3)cc2n1.CC.[HH]. The van der Waals surface area contributed by atoms with E-state index in [9.17, 15) is 4.79 Å². The summed E-state index contributed by atoms with van der Waals surface area (Å²) >= 11 is 0. The molecular formula is C27H35N5O. The van der Waals surface area contributed by atoms with Crippen molar-refractivity contribution in [1.82, 2.24) is 14.9 Å². The first kappa shape index (κ1) is 25.5. The van der Waals surface area contributed by atoms with Crippen molar-refractivity contribution in [3.8, 4) is 0 Å². The second-order valence-corrected chi connectivity index (χ2v) is 7.39. The zero-order valence-corrected chi connectivity index (χ0v) is 20.4. The molecule has 6 nitrogen and oxygen atoms in total. The number of fused-ring (bicyclic) bond motifs is 1. The number of hydrogen-bond acceptors (Lipinski definition) is 5. The van der Waals surface area contributed by atoms with Gasteiger partial charge in [0.15, 0.2) is 0 Å². The number of hydrogen-bond donors (Lipinski definition) is 1. The molecule has 0 aliphatic carbocycles. The lowest BCUT2D eigenvalue weighted by Crippen LogP contribution is -2.13. The first-order valence-electron chi connectivity index (χ1n) is 11.1. The summed E-state index contributed by atoms with van der Waals surface area (Å²) in [5, 5.41) is 3.75. The van der Waals surface area contributed by atoms with Crippen molar-refractivity contribution in [2.24, 2.45) is 4.99 Å². The van der Waals surface area contributed by atoms with Crippen LogP contribution in [0.15, 0.2) is 66.4 Å².